The van der Waals surface area contributed by atoms with E-state index in [1.54, 1.807) is 18.3 Å². The maximum absolute atomic E-state index is 12.7. The number of carbonyl (C=O) groups excluding carboxylic acids is 1. The molecule has 134 valence electrons. The number of hydrogen-bond donors (Lipinski definition) is 0. The summed E-state index contributed by atoms with van der Waals surface area (Å²) in [6, 6.07) is 3.24. The lowest BCUT2D eigenvalue weighted by atomic mass is 10.2. The number of aromatic nitrogens is 1. The first kappa shape index (κ1) is 18.5. The SMILES string of the molecule is COCCN(CC(F)F)C(=O)c1ccnc(N2CCN(C)CC2)c1. The Labute approximate surface area is 141 Å². The minimum atomic E-state index is -2.58. The standard InChI is InChI=1S/C16H24F2N4O2/c1-20-5-7-21(8-6-20)15-11-13(3-4-19-15)16(23)22(9-10-24-2)12-14(17)18/h3-4,11,14H,5-10,12H2,1-2H3. The van der Waals surface area contributed by atoms with Gasteiger partial charge < -0.3 is 19.4 Å². The van der Waals surface area contributed by atoms with E-state index < -0.39 is 18.9 Å². The van der Waals surface area contributed by atoms with E-state index in [1.807, 2.05) is 0 Å². The van der Waals surface area contributed by atoms with Gasteiger partial charge in [0.1, 0.15) is 5.82 Å². The van der Waals surface area contributed by atoms with Gasteiger partial charge >= 0.3 is 0 Å². The third-order valence-electron chi connectivity index (χ3n) is 4.03. The molecule has 0 bridgehead atoms. The average Bonchev–Trinajstić information content (AvgIpc) is 2.58. The highest BCUT2D eigenvalue weighted by molar-refractivity contribution is 5.94. The predicted octanol–water partition coefficient (Wildman–Crippen LogP) is 1.19. The smallest absolute Gasteiger partial charge is 0.255 e. The number of amides is 1. The second kappa shape index (κ2) is 8.89. The maximum atomic E-state index is 12.7. The van der Waals surface area contributed by atoms with Gasteiger partial charge in [-0.2, -0.15) is 0 Å². The number of alkyl halides is 2. The first-order chi connectivity index (χ1) is 11.5. The van der Waals surface area contributed by atoms with Crippen LogP contribution in [0.4, 0.5) is 14.6 Å². The average molecular weight is 342 g/mol. The Hall–Kier alpha value is -1.80. The molecule has 2 heterocycles. The van der Waals surface area contributed by atoms with Gasteiger partial charge in [0.05, 0.1) is 13.2 Å². The number of methoxy groups -OCH3 is 1. The molecule has 6 nitrogen and oxygen atoms in total. The summed E-state index contributed by atoms with van der Waals surface area (Å²) in [4.78, 5) is 22.3. The number of nitrogens with zero attached hydrogens (tertiary/aromatic N) is 4. The third kappa shape index (κ3) is 5.10. The zero-order chi connectivity index (χ0) is 17.5. The number of halogens is 2. The molecule has 1 aromatic heterocycles. The minimum absolute atomic E-state index is 0.131. The summed E-state index contributed by atoms with van der Waals surface area (Å²) >= 11 is 0. The van der Waals surface area contributed by atoms with E-state index in [0.717, 1.165) is 31.1 Å². The molecule has 8 heteroatoms. The zero-order valence-electron chi connectivity index (χ0n) is 14.1. The number of rotatable bonds is 7. The first-order valence-electron chi connectivity index (χ1n) is 7.97. The number of anilines is 1. The third-order valence-corrected chi connectivity index (χ3v) is 4.03. The van der Waals surface area contributed by atoms with E-state index in [0.29, 0.717) is 11.4 Å². The van der Waals surface area contributed by atoms with Crippen molar-refractivity contribution in [1.82, 2.24) is 14.8 Å². The van der Waals surface area contributed by atoms with Crippen molar-refractivity contribution in [3.63, 3.8) is 0 Å². The Bertz CT molecular complexity index is 537. The van der Waals surface area contributed by atoms with Crippen LogP contribution in [0.15, 0.2) is 18.3 Å². The van der Waals surface area contributed by atoms with Crippen LogP contribution in [-0.2, 0) is 4.74 Å². The number of hydrogen-bond acceptors (Lipinski definition) is 5. The molecule has 0 saturated carbocycles. The lowest BCUT2D eigenvalue weighted by Crippen LogP contribution is -2.45. The molecule has 1 amide bonds. The van der Waals surface area contributed by atoms with E-state index in [4.69, 9.17) is 4.74 Å². The normalized spacial score (nSPS) is 15.8. The summed E-state index contributed by atoms with van der Waals surface area (Å²) in [6.45, 7) is 3.24. The van der Waals surface area contributed by atoms with Gasteiger partial charge in [-0.3, -0.25) is 4.79 Å². The number of pyridine rings is 1. The number of likely N-dealkylation sites (N-methyl/N-ethyl adjacent to an activating group) is 1. The van der Waals surface area contributed by atoms with Crippen LogP contribution in [0.2, 0.25) is 0 Å². The first-order valence-corrected chi connectivity index (χ1v) is 7.97. The van der Waals surface area contributed by atoms with Crippen molar-refractivity contribution >= 4 is 11.7 Å². The Morgan fingerprint density at radius 3 is 2.71 bits per heavy atom. The van der Waals surface area contributed by atoms with Crippen molar-refractivity contribution in [2.24, 2.45) is 0 Å². The molecule has 2 rings (SSSR count). The summed E-state index contributed by atoms with van der Waals surface area (Å²) in [5.41, 5.74) is 0.371. The van der Waals surface area contributed by atoms with Gasteiger partial charge in [-0.15, -0.1) is 0 Å². The summed E-state index contributed by atoms with van der Waals surface area (Å²) in [5.74, 6) is 0.280. The quantitative estimate of drug-likeness (QED) is 0.745. The maximum Gasteiger partial charge on any atom is 0.255 e. The number of carbonyl (C=O) groups is 1. The minimum Gasteiger partial charge on any atom is -0.383 e. The zero-order valence-corrected chi connectivity index (χ0v) is 14.1. The van der Waals surface area contributed by atoms with Crippen LogP contribution >= 0.6 is 0 Å². The van der Waals surface area contributed by atoms with Crippen molar-refractivity contribution in [1.29, 1.82) is 0 Å². The van der Waals surface area contributed by atoms with Gasteiger partial charge in [-0.1, -0.05) is 0 Å². The van der Waals surface area contributed by atoms with Crippen molar-refractivity contribution < 1.29 is 18.3 Å². The molecular formula is C16H24F2N4O2. The van der Waals surface area contributed by atoms with Crippen molar-refractivity contribution in [3.05, 3.63) is 23.9 Å². The van der Waals surface area contributed by atoms with Crippen molar-refractivity contribution in [2.75, 3.05) is 64.9 Å². The van der Waals surface area contributed by atoms with Gasteiger partial charge in [-0.25, -0.2) is 13.8 Å². The fourth-order valence-corrected chi connectivity index (χ4v) is 2.59. The Morgan fingerprint density at radius 2 is 2.08 bits per heavy atom. The van der Waals surface area contributed by atoms with Crippen molar-refractivity contribution in [2.45, 2.75) is 6.43 Å². The molecule has 0 radical (unpaired) electrons. The van der Waals surface area contributed by atoms with E-state index in [1.165, 1.54) is 7.11 Å². The van der Waals surface area contributed by atoms with Crippen LogP contribution in [0.25, 0.3) is 0 Å². The molecule has 0 aliphatic carbocycles. The molecule has 0 N–H and O–H groups in total. The molecule has 0 atom stereocenters. The van der Waals surface area contributed by atoms with Crippen molar-refractivity contribution in [3.8, 4) is 0 Å². The summed E-state index contributed by atoms with van der Waals surface area (Å²) in [7, 11) is 3.53. The summed E-state index contributed by atoms with van der Waals surface area (Å²) in [6.07, 6.45) is -1.03. The second-order valence-electron chi connectivity index (χ2n) is 5.83. The van der Waals surface area contributed by atoms with E-state index in [-0.39, 0.29) is 13.2 Å². The lowest BCUT2D eigenvalue weighted by molar-refractivity contribution is 0.0478. The predicted molar refractivity (Wildman–Crippen MR) is 87.7 cm³/mol. The largest absolute Gasteiger partial charge is 0.383 e. The van der Waals surface area contributed by atoms with Gasteiger partial charge in [0.15, 0.2) is 0 Å². The van der Waals surface area contributed by atoms with Crippen LogP contribution in [-0.4, -0.2) is 87.1 Å². The van der Waals surface area contributed by atoms with Crippen LogP contribution in [0.3, 0.4) is 0 Å². The molecule has 24 heavy (non-hydrogen) atoms. The summed E-state index contributed by atoms with van der Waals surface area (Å²) in [5, 5.41) is 0. The summed E-state index contributed by atoms with van der Waals surface area (Å²) < 4.78 is 30.4. The van der Waals surface area contributed by atoms with Crippen LogP contribution < -0.4 is 4.90 Å². The molecule has 1 aromatic rings. The molecule has 1 aliphatic rings. The van der Waals surface area contributed by atoms with Gasteiger partial charge in [0.25, 0.3) is 12.3 Å². The molecule has 1 aliphatic heterocycles. The van der Waals surface area contributed by atoms with E-state index >= 15 is 0 Å². The number of piperazine rings is 1. The Kier molecular flexibility index (Phi) is 6.86. The molecule has 0 spiro atoms. The number of ether oxygens (including phenoxy) is 1. The van der Waals surface area contributed by atoms with E-state index in [9.17, 15) is 13.6 Å². The molecule has 1 saturated heterocycles. The Morgan fingerprint density at radius 1 is 1.38 bits per heavy atom. The van der Waals surface area contributed by atoms with Crippen LogP contribution in [0.1, 0.15) is 10.4 Å². The fraction of sp³-hybridized carbons (Fsp3) is 0.625. The highest BCUT2D eigenvalue weighted by Gasteiger charge is 2.21. The molecule has 0 aromatic carbocycles. The van der Waals surface area contributed by atoms with Gasteiger partial charge in [0, 0.05) is 51.6 Å². The monoisotopic (exact) mass is 342 g/mol. The van der Waals surface area contributed by atoms with Crippen LogP contribution in [0.5, 0.6) is 0 Å². The lowest BCUT2D eigenvalue weighted by Gasteiger charge is -2.33. The van der Waals surface area contributed by atoms with Gasteiger partial charge in [0.2, 0.25) is 0 Å². The topological polar surface area (TPSA) is 48.9 Å². The van der Waals surface area contributed by atoms with Gasteiger partial charge in [-0.05, 0) is 19.2 Å². The van der Waals surface area contributed by atoms with E-state index in [2.05, 4.69) is 21.8 Å². The fourth-order valence-electron chi connectivity index (χ4n) is 2.59. The second-order valence-corrected chi connectivity index (χ2v) is 5.83. The molecule has 1 fully saturated rings. The Balaban J connectivity index is 2.11. The highest BCUT2D eigenvalue weighted by Crippen LogP contribution is 2.16. The molecule has 0 unspecified atom stereocenters. The highest BCUT2D eigenvalue weighted by atomic mass is 19.3. The van der Waals surface area contributed by atoms with Crippen LogP contribution in [0, 0.1) is 0 Å². The molecular weight excluding hydrogens is 318 g/mol.